The zero-order valence-corrected chi connectivity index (χ0v) is 9.95. The monoisotopic (exact) mass is 238 g/mol. The lowest BCUT2D eigenvalue weighted by Gasteiger charge is -2.10. The van der Waals surface area contributed by atoms with Crippen LogP contribution in [0.2, 0.25) is 0 Å². The van der Waals surface area contributed by atoms with Crippen molar-refractivity contribution in [1.82, 2.24) is 0 Å². The molecule has 0 fully saturated rings. The molecule has 0 aliphatic carbocycles. The number of hydrogen-bond donors (Lipinski definition) is 0. The lowest BCUT2D eigenvalue weighted by Crippen LogP contribution is -1.94. The average Bonchev–Trinajstić information content (AvgIpc) is 2.45. The van der Waals surface area contributed by atoms with Crippen LogP contribution in [0.5, 0.6) is 0 Å². The fourth-order valence-corrected chi connectivity index (χ4v) is 1.63. The predicted molar refractivity (Wildman–Crippen MR) is 71.7 cm³/mol. The average molecular weight is 238 g/mol. The van der Waals surface area contributed by atoms with Gasteiger partial charge in [-0.1, -0.05) is 60.7 Å². The van der Waals surface area contributed by atoms with E-state index < -0.39 is 0 Å². The Morgan fingerprint density at radius 2 is 1.56 bits per heavy atom. The number of carbonyl (C=O) groups is 1. The Balaban J connectivity index is 2.09. The van der Waals surface area contributed by atoms with E-state index in [0.29, 0.717) is 12.4 Å². The van der Waals surface area contributed by atoms with Crippen molar-refractivity contribution in [3.8, 4) is 0 Å². The molecule has 0 aliphatic heterocycles. The van der Waals surface area contributed by atoms with E-state index in [1.807, 2.05) is 60.7 Å². The molecule has 0 aromatic heterocycles. The first-order chi connectivity index (χ1) is 8.90. The molecule has 2 aromatic carbocycles. The van der Waals surface area contributed by atoms with E-state index in [1.54, 1.807) is 0 Å². The van der Waals surface area contributed by atoms with Gasteiger partial charge in [-0.3, -0.25) is 4.79 Å². The molecule has 2 nitrogen and oxygen atoms in total. The Morgan fingerprint density at radius 1 is 0.944 bits per heavy atom. The Hall–Kier alpha value is -2.35. The summed E-state index contributed by atoms with van der Waals surface area (Å²) in [5.41, 5.74) is 1.98. The van der Waals surface area contributed by atoms with Crippen LogP contribution in [0.25, 0.3) is 5.76 Å². The summed E-state index contributed by atoms with van der Waals surface area (Å²) in [6.45, 7) is 0.454. The van der Waals surface area contributed by atoms with Gasteiger partial charge in [0, 0.05) is 11.6 Å². The van der Waals surface area contributed by atoms with Crippen molar-refractivity contribution in [1.29, 1.82) is 0 Å². The first-order valence-electron chi connectivity index (χ1n) is 5.78. The van der Waals surface area contributed by atoms with Crippen molar-refractivity contribution in [3.05, 3.63) is 77.9 Å². The third-order valence-corrected chi connectivity index (χ3v) is 2.51. The van der Waals surface area contributed by atoms with Crippen molar-refractivity contribution in [2.75, 3.05) is 0 Å². The summed E-state index contributed by atoms with van der Waals surface area (Å²) in [5.74, 6) is 0.592. The third kappa shape index (κ3) is 3.32. The van der Waals surface area contributed by atoms with E-state index in [4.69, 9.17) is 4.74 Å². The molecule has 0 bridgehead atoms. The lowest BCUT2D eigenvalue weighted by atomic mass is 10.2. The van der Waals surface area contributed by atoms with Gasteiger partial charge in [0.25, 0.3) is 0 Å². The molecule has 18 heavy (non-hydrogen) atoms. The van der Waals surface area contributed by atoms with Gasteiger partial charge in [0.15, 0.2) is 0 Å². The molecule has 2 aromatic rings. The number of hydrogen-bond acceptors (Lipinski definition) is 2. The molecule has 2 heteroatoms. The van der Waals surface area contributed by atoms with Crippen molar-refractivity contribution in [3.63, 3.8) is 0 Å². The quantitative estimate of drug-likeness (QED) is 0.453. The second kappa shape index (κ2) is 6.40. The number of benzene rings is 2. The van der Waals surface area contributed by atoms with E-state index in [9.17, 15) is 4.79 Å². The van der Waals surface area contributed by atoms with Crippen LogP contribution in [0, 0.1) is 0 Å². The van der Waals surface area contributed by atoms with Crippen LogP contribution in [-0.2, 0) is 16.1 Å². The molecule has 0 unspecified atom stereocenters. The molecule has 2 rings (SSSR count). The number of aldehydes is 1. The van der Waals surface area contributed by atoms with Crippen LogP contribution >= 0.6 is 0 Å². The van der Waals surface area contributed by atoms with Gasteiger partial charge in [-0.05, 0) is 5.56 Å². The van der Waals surface area contributed by atoms with E-state index in [0.717, 1.165) is 17.4 Å². The Bertz CT molecular complexity index is 515. The SMILES string of the molecule is O=CC=C(OCc1ccccc1)c1ccccc1. The summed E-state index contributed by atoms with van der Waals surface area (Å²) in [7, 11) is 0. The molecular weight excluding hydrogens is 224 g/mol. The number of carbonyl (C=O) groups excluding carboxylic acids is 1. The van der Waals surface area contributed by atoms with Crippen LogP contribution in [0.1, 0.15) is 11.1 Å². The highest BCUT2D eigenvalue weighted by molar-refractivity contribution is 5.78. The number of ether oxygens (including phenoxy) is 1. The number of allylic oxidation sites excluding steroid dienone is 1. The third-order valence-electron chi connectivity index (χ3n) is 2.51. The smallest absolute Gasteiger partial charge is 0.146 e. The fraction of sp³-hybridized carbons (Fsp3) is 0.0625. The second-order valence-corrected chi connectivity index (χ2v) is 3.81. The van der Waals surface area contributed by atoms with Crippen molar-refractivity contribution in [2.24, 2.45) is 0 Å². The summed E-state index contributed by atoms with van der Waals surface area (Å²) in [6, 6.07) is 19.5. The molecular formula is C16H14O2. The highest BCUT2D eigenvalue weighted by Gasteiger charge is 2.02. The van der Waals surface area contributed by atoms with E-state index >= 15 is 0 Å². The molecule has 0 saturated heterocycles. The lowest BCUT2D eigenvalue weighted by molar-refractivity contribution is -0.104. The zero-order valence-electron chi connectivity index (χ0n) is 9.95. The van der Waals surface area contributed by atoms with Crippen LogP contribution in [0.4, 0.5) is 0 Å². The van der Waals surface area contributed by atoms with Crippen LogP contribution in [0.15, 0.2) is 66.7 Å². The Kier molecular flexibility index (Phi) is 4.31. The van der Waals surface area contributed by atoms with Gasteiger partial charge in [0.2, 0.25) is 0 Å². The first kappa shape index (κ1) is 12.1. The highest BCUT2D eigenvalue weighted by atomic mass is 16.5. The van der Waals surface area contributed by atoms with Gasteiger partial charge in [-0.15, -0.1) is 0 Å². The van der Waals surface area contributed by atoms with Crippen molar-refractivity contribution >= 4 is 12.0 Å². The number of rotatable bonds is 5. The maximum absolute atomic E-state index is 10.6. The standard InChI is InChI=1S/C16H14O2/c17-12-11-16(15-9-5-2-6-10-15)18-13-14-7-3-1-4-8-14/h1-12H,13H2. The summed E-state index contributed by atoms with van der Waals surface area (Å²) in [4.78, 5) is 10.6. The molecule has 90 valence electrons. The molecule has 0 heterocycles. The van der Waals surface area contributed by atoms with E-state index in [-0.39, 0.29) is 0 Å². The minimum atomic E-state index is 0.454. The molecule has 0 amide bonds. The first-order valence-corrected chi connectivity index (χ1v) is 5.78. The molecule has 0 saturated carbocycles. The molecule has 0 spiro atoms. The molecule has 0 atom stereocenters. The topological polar surface area (TPSA) is 26.3 Å². The van der Waals surface area contributed by atoms with E-state index in [1.165, 1.54) is 6.08 Å². The minimum absolute atomic E-state index is 0.454. The van der Waals surface area contributed by atoms with Gasteiger partial charge in [0.1, 0.15) is 18.7 Å². The highest BCUT2D eigenvalue weighted by Crippen LogP contribution is 2.16. The minimum Gasteiger partial charge on any atom is -0.488 e. The zero-order chi connectivity index (χ0) is 12.6. The van der Waals surface area contributed by atoms with Gasteiger partial charge >= 0.3 is 0 Å². The summed E-state index contributed by atoms with van der Waals surface area (Å²) >= 11 is 0. The largest absolute Gasteiger partial charge is 0.488 e. The molecule has 0 N–H and O–H groups in total. The fourth-order valence-electron chi connectivity index (χ4n) is 1.63. The maximum atomic E-state index is 10.6. The molecule has 0 aliphatic rings. The van der Waals surface area contributed by atoms with Gasteiger partial charge in [0.05, 0.1) is 0 Å². The Morgan fingerprint density at radius 3 is 2.17 bits per heavy atom. The summed E-state index contributed by atoms with van der Waals surface area (Å²) in [5, 5.41) is 0. The summed E-state index contributed by atoms with van der Waals surface area (Å²) < 4.78 is 5.68. The van der Waals surface area contributed by atoms with Gasteiger partial charge in [-0.2, -0.15) is 0 Å². The Labute approximate surface area is 107 Å². The van der Waals surface area contributed by atoms with E-state index in [2.05, 4.69) is 0 Å². The van der Waals surface area contributed by atoms with Crippen molar-refractivity contribution < 1.29 is 9.53 Å². The van der Waals surface area contributed by atoms with Crippen LogP contribution < -0.4 is 0 Å². The van der Waals surface area contributed by atoms with Crippen molar-refractivity contribution in [2.45, 2.75) is 6.61 Å². The molecule has 0 radical (unpaired) electrons. The summed E-state index contributed by atoms with van der Waals surface area (Å²) in [6.07, 6.45) is 2.19. The second-order valence-electron chi connectivity index (χ2n) is 3.81. The van der Waals surface area contributed by atoms with Crippen LogP contribution in [0.3, 0.4) is 0 Å². The normalized spacial score (nSPS) is 11.0. The van der Waals surface area contributed by atoms with Gasteiger partial charge in [-0.25, -0.2) is 0 Å². The maximum Gasteiger partial charge on any atom is 0.146 e. The van der Waals surface area contributed by atoms with Crippen LogP contribution in [-0.4, -0.2) is 6.29 Å². The predicted octanol–water partition coefficient (Wildman–Crippen LogP) is 3.44. The van der Waals surface area contributed by atoms with Gasteiger partial charge < -0.3 is 4.74 Å².